The van der Waals surface area contributed by atoms with Crippen molar-refractivity contribution in [1.82, 2.24) is 20.3 Å². The van der Waals surface area contributed by atoms with Gasteiger partial charge in [0.25, 0.3) is 5.91 Å². The minimum atomic E-state index is -0.0530. The summed E-state index contributed by atoms with van der Waals surface area (Å²) in [5, 5.41) is 11.1. The molecule has 1 aliphatic heterocycles. The first-order chi connectivity index (χ1) is 11.2. The number of hydrogen-bond donors (Lipinski definition) is 1. The molecule has 1 amide bonds. The van der Waals surface area contributed by atoms with Crippen LogP contribution in [0.1, 0.15) is 27.3 Å². The summed E-state index contributed by atoms with van der Waals surface area (Å²) in [6.07, 6.45) is 2.33. The monoisotopic (exact) mass is 308 g/mol. The number of fused-ring (bicyclic) bond motifs is 1. The topological polar surface area (TPSA) is 75.0 Å². The van der Waals surface area contributed by atoms with Crippen molar-refractivity contribution in [2.75, 3.05) is 6.54 Å². The maximum atomic E-state index is 12.6. The fourth-order valence-electron chi connectivity index (χ4n) is 2.79. The Bertz CT molecular complexity index is 848. The lowest BCUT2D eigenvalue weighted by Crippen LogP contribution is -2.35. The normalized spacial score (nSPS) is 13.9. The van der Waals surface area contributed by atoms with Crippen LogP contribution in [0.3, 0.4) is 0 Å². The lowest BCUT2D eigenvalue weighted by atomic mass is 10.1. The summed E-state index contributed by atoms with van der Waals surface area (Å²) >= 11 is 0. The molecular formula is C17H16N4O2. The largest absolute Gasteiger partial charge is 0.364 e. The van der Waals surface area contributed by atoms with Crippen LogP contribution in [-0.4, -0.2) is 32.7 Å². The summed E-state index contributed by atoms with van der Waals surface area (Å²) in [6, 6.07) is 9.87. The first kappa shape index (κ1) is 13.8. The third-order valence-corrected chi connectivity index (χ3v) is 4.15. The highest BCUT2D eigenvalue weighted by molar-refractivity contribution is 5.93. The van der Waals surface area contributed by atoms with E-state index in [-0.39, 0.29) is 5.91 Å². The minimum absolute atomic E-state index is 0.0530. The maximum Gasteiger partial charge on any atom is 0.272 e. The lowest BCUT2D eigenvalue weighted by Gasteiger charge is -2.25. The van der Waals surface area contributed by atoms with Crippen molar-refractivity contribution in [3.8, 4) is 11.3 Å². The summed E-state index contributed by atoms with van der Waals surface area (Å²) in [5.74, 6) is -0.0530. The molecule has 0 radical (unpaired) electrons. The van der Waals surface area contributed by atoms with Crippen molar-refractivity contribution in [2.24, 2.45) is 0 Å². The number of aryl methyl sites for hydroxylation is 1. The zero-order chi connectivity index (χ0) is 15.8. The number of aromatic nitrogens is 3. The van der Waals surface area contributed by atoms with E-state index < -0.39 is 0 Å². The number of benzene rings is 1. The van der Waals surface area contributed by atoms with E-state index in [1.54, 1.807) is 17.2 Å². The molecule has 6 nitrogen and oxygen atoms in total. The molecule has 0 fully saturated rings. The highest BCUT2D eigenvalue weighted by Gasteiger charge is 2.25. The summed E-state index contributed by atoms with van der Waals surface area (Å²) < 4.78 is 4.96. The number of H-pyrrole nitrogens is 1. The molecule has 2 aromatic heterocycles. The van der Waals surface area contributed by atoms with Gasteiger partial charge in [-0.15, -0.1) is 0 Å². The highest BCUT2D eigenvalue weighted by atomic mass is 16.5. The van der Waals surface area contributed by atoms with Crippen molar-refractivity contribution >= 4 is 5.91 Å². The molecule has 23 heavy (non-hydrogen) atoms. The van der Waals surface area contributed by atoms with Gasteiger partial charge in [-0.05, 0) is 13.0 Å². The fourth-order valence-corrected chi connectivity index (χ4v) is 2.79. The first-order valence-electron chi connectivity index (χ1n) is 7.54. The number of amides is 1. The Morgan fingerprint density at radius 1 is 1.30 bits per heavy atom. The number of aromatic amines is 1. The SMILES string of the molecule is Cc1ccc(-c2cc(C(=O)N3CCc4nocc4C3)[nH]n2)cc1. The second kappa shape index (κ2) is 5.39. The van der Waals surface area contributed by atoms with E-state index in [4.69, 9.17) is 4.52 Å². The molecule has 0 atom stereocenters. The predicted octanol–water partition coefficient (Wildman–Crippen LogP) is 2.57. The van der Waals surface area contributed by atoms with Crippen LogP contribution in [0.15, 0.2) is 41.1 Å². The van der Waals surface area contributed by atoms with Gasteiger partial charge in [0.1, 0.15) is 12.0 Å². The van der Waals surface area contributed by atoms with Gasteiger partial charge in [-0.3, -0.25) is 9.89 Å². The molecule has 1 aromatic carbocycles. The van der Waals surface area contributed by atoms with Gasteiger partial charge in [-0.1, -0.05) is 35.0 Å². The summed E-state index contributed by atoms with van der Waals surface area (Å²) in [7, 11) is 0. The molecule has 0 aliphatic carbocycles. The van der Waals surface area contributed by atoms with E-state index >= 15 is 0 Å². The molecule has 0 unspecified atom stereocenters. The van der Waals surface area contributed by atoms with Crippen LogP contribution in [0.2, 0.25) is 0 Å². The van der Waals surface area contributed by atoms with Gasteiger partial charge in [0.05, 0.1) is 17.9 Å². The van der Waals surface area contributed by atoms with Crippen LogP contribution in [0.5, 0.6) is 0 Å². The average Bonchev–Trinajstić information content (AvgIpc) is 3.23. The number of hydrogen-bond acceptors (Lipinski definition) is 4. The second-order valence-electron chi connectivity index (χ2n) is 5.80. The van der Waals surface area contributed by atoms with Crippen LogP contribution in [-0.2, 0) is 13.0 Å². The van der Waals surface area contributed by atoms with Gasteiger partial charge in [-0.2, -0.15) is 5.10 Å². The van der Waals surface area contributed by atoms with Crippen LogP contribution in [0.25, 0.3) is 11.3 Å². The Morgan fingerprint density at radius 2 is 2.13 bits per heavy atom. The molecule has 0 saturated carbocycles. The second-order valence-corrected chi connectivity index (χ2v) is 5.80. The van der Waals surface area contributed by atoms with Crippen LogP contribution < -0.4 is 0 Å². The zero-order valence-electron chi connectivity index (χ0n) is 12.7. The van der Waals surface area contributed by atoms with Crippen molar-refractivity contribution in [3.05, 3.63) is 59.1 Å². The molecule has 116 valence electrons. The molecule has 0 spiro atoms. The van der Waals surface area contributed by atoms with Gasteiger partial charge in [0, 0.05) is 24.1 Å². The van der Waals surface area contributed by atoms with Gasteiger partial charge in [-0.25, -0.2) is 0 Å². The van der Waals surface area contributed by atoms with E-state index in [0.29, 0.717) is 18.8 Å². The van der Waals surface area contributed by atoms with Crippen molar-refractivity contribution < 1.29 is 9.32 Å². The van der Waals surface area contributed by atoms with Crippen molar-refractivity contribution in [1.29, 1.82) is 0 Å². The van der Waals surface area contributed by atoms with Crippen LogP contribution in [0, 0.1) is 6.92 Å². The Kier molecular flexibility index (Phi) is 3.22. The third kappa shape index (κ3) is 2.52. The molecular weight excluding hydrogens is 292 g/mol. The number of nitrogens with one attached hydrogen (secondary N) is 1. The highest BCUT2D eigenvalue weighted by Crippen LogP contribution is 2.22. The predicted molar refractivity (Wildman–Crippen MR) is 83.7 cm³/mol. The Hall–Kier alpha value is -2.89. The molecule has 0 bridgehead atoms. The number of carbonyl (C=O) groups excluding carboxylic acids is 1. The lowest BCUT2D eigenvalue weighted by molar-refractivity contribution is 0.0728. The Morgan fingerprint density at radius 3 is 2.96 bits per heavy atom. The maximum absolute atomic E-state index is 12.6. The number of rotatable bonds is 2. The van der Waals surface area contributed by atoms with E-state index in [9.17, 15) is 4.79 Å². The van der Waals surface area contributed by atoms with Gasteiger partial charge < -0.3 is 9.42 Å². The summed E-state index contributed by atoms with van der Waals surface area (Å²) in [5.41, 5.74) is 5.38. The third-order valence-electron chi connectivity index (χ3n) is 4.15. The molecule has 6 heteroatoms. The Balaban J connectivity index is 1.55. The minimum Gasteiger partial charge on any atom is -0.364 e. The summed E-state index contributed by atoms with van der Waals surface area (Å²) in [4.78, 5) is 14.4. The number of carbonyl (C=O) groups is 1. The van der Waals surface area contributed by atoms with Crippen LogP contribution >= 0.6 is 0 Å². The van der Waals surface area contributed by atoms with Gasteiger partial charge >= 0.3 is 0 Å². The Labute approximate surface area is 133 Å². The first-order valence-corrected chi connectivity index (χ1v) is 7.54. The van der Waals surface area contributed by atoms with Gasteiger partial charge in [0.15, 0.2) is 0 Å². The zero-order valence-corrected chi connectivity index (χ0v) is 12.7. The molecule has 3 aromatic rings. The van der Waals surface area contributed by atoms with Gasteiger partial charge in [0.2, 0.25) is 0 Å². The molecule has 3 heterocycles. The van der Waals surface area contributed by atoms with E-state index in [0.717, 1.165) is 28.9 Å². The molecule has 1 aliphatic rings. The average molecular weight is 308 g/mol. The number of nitrogens with zero attached hydrogens (tertiary/aromatic N) is 3. The van der Waals surface area contributed by atoms with E-state index in [1.807, 2.05) is 31.2 Å². The smallest absolute Gasteiger partial charge is 0.272 e. The standard InChI is InChI=1S/C17H16N4O2/c1-11-2-4-12(5-3-11)15-8-16(19-18-15)17(22)21-7-6-14-13(9-21)10-23-20-14/h2-5,8,10H,6-7,9H2,1H3,(H,18,19). The van der Waals surface area contributed by atoms with E-state index in [2.05, 4.69) is 15.4 Å². The van der Waals surface area contributed by atoms with Crippen molar-refractivity contribution in [2.45, 2.75) is 19.9 Å². The quantitative estimate of drug-likeness (QED) is 0.789. The fraction of sp³-hybridized carbons (Fsp3) is 0.235. The molecule has 1 N–H and O–H groups in total. The van der Waals surface area contributed by atoms with E-state index in [1.165, 1.54) is 5.56 Å². The molecule has 4 rings (SSSR count). The van der Waals surface area contributed by atoms with Crippen molar-refractivity contribution in [3.63, 3.8) is 0 Å². The molecule has 0 saturated heterocycles. The summed E-state index contributed by atoms with van der Waals surface area (Å²) in [6.45, 7) is 3.20. The van der Waals surface area contributed by atoms with Crippen LogP contribution in [0.4, 0.5) is 0 Å².